The molecule has 0 aliphatic rings. The van der Waals surface area contributed by atoms with Gasteiger partial charge in [-0.1, -0.05) is 43.8 Å². The molecule has 216 valence electrons. The van der Waals surface area contributed by atoms with E-state index in [9.17, 15) is 9.59 Å². The van der Waals surface area contributed by atoms with Crippen molar-refractivity contribution in [3.63, 3.8) is 0 Å². The third-order valence-electron chi connectivity index (χ3n) is 3.82. The summed E-state index contributed by atoms with van der Waals surface area (Å²) < 4.78 is 10.2. The number of ether oxygens (including phenoxy) is 2. The Morgan fingerprint density at radius 2 is 0.919 bits per heavy atom. The Morgan fingerprint density at radius 3 is 1.08 bits per heavy atom. The Labute approximate surface area is 224 Å². The summed E-state index contributed by atoms with van der Waals surface area (Å²) in [5.41, 5.74) is 0.662. The van der Waals surface area contributed by atoms with E-state index in [1.807, 2.05) is 42.0 Å². The molecule has 0 unspecified atom stereocenters. The maximum Gasteiger partial charge on any atom is 0.335 e. The number of carbonyl (C=O) groups is 2. The van der Waals surface area contributed by atoms with Crippen LogP contribution in [0.25, 0.3) is 0 Å². The molecule has 0 aromatic heterocycles. The summed E-state index contributed by atoms with van der Waals surface area (Å²) in [7, 11) is 8.16. The molecule has 0 amide bonds. The lowest BCUT2D eigenvalue weighted by molar-refractivity contribution is 0.0686. The minimum absolute atomic E-state index is 0. The highest BCUT2D eigenvalue weighted by Gasteiger charge is 1.97. The van der Waals surface area contributed by atoms with Crippen LogP contribution in [0.1, 0.15) is 42.0 Å². The molecule has 0 fully saturated rings. The summed E-state index contributed by atoms with van der Waals surface area (Å²) in [6.07, 6.45) is 0. The Morgan fingerprint density at radius 1 is 0.649 bits per heavy atom. The van der Waals surface area contributed by atoms with E-state index in [4.69, 9.17) is 19.7 Å². The fourth-order valence-corrected chi connectivity index (χ4v) is 1.94. The first-order valence-corrected chi connectivity index (χ1v) is 11.2. The molecular weight excluding hydrogens is 476 g/mol. The third kappa shape index (κ3) is 33.1. The Kier molecular flexibility index (Phi) is 37.2. The maximum atomic E-state index is 10.2. The highest BCUT2D eigenvalue weighted by atomic mass is 16.5. The van der Waals surface area contributed by atoms with E-state index < -0.39 is 11.9 Å². The minimum Gasteiger partial charge on any atom is -0.478 e. The summed E-state index contributed by atoms with van der Waals surface area (Å²) in [5.74, 6) is -1.76. The molecule has 0 aliphatic carbocycles. The summed E-state index contributed by atoms with van der Waals surface area (Å²) >= 11 is 0. The SMILES string of the molecule is C.CCOCCN(C)C.CCOCCN(C)C.N.N.O=C(O)c1ccccc1.O=C(O)c1ccccc1. The summed E-state index contributed by atoms with van der Waals surface area (Å²) in [5, 5.41) is 16.8. The van der Waals surface area contributed by atoms with E-state index in [1.54, 1.807) is 60.7 Å². The van der Waals surface area contributed by atoms with E-state index >= 15 is 0 Å². The van der Waals surface area contributed by atoms with Crippen molar-refractivity contribution in [1.82, 2.24) is 22.1 Å². The second kappa shape index (κ2) is 31.2. The average Bonchev–Trinajstić information content (AvgIpc) is 2.81. The van der Waals surface area contributed by atoms with Crippen molar-refractivity contribution in [3.8, 4) is 0 Å². The average molecular weight is 529 g/mol. The molecular formula is C27H52N4O6. The number of hydrogen-bond acceptors (Lipinski definition) is 8. The molecule has 0 spiro atoms. The van der Waals surface area contributed by atoms with Gasteiger partial charge in [0.05, 0.1) is 24.3 Å². The predicted octanol–water partition coefficient (Wildman–Crippen LogP) is 4.90. The first-order valence-electron chi connectivity index (χ1n) is 11.2. The zero-order chi connectivity index (χ0) is 26.2. The van der Waals surface area contributed by atoms with E-state index in [1.165, 1.54) is 0 Å². The van der Waals surface area contributed by atoms with Crippen LogP contribution < -0.4 is 12.3 Å². The van der Waals surface area contributed by atoms with E-state index in [-0.39, 0.29) is 19.7 Å². The maximum absolute atomic E-state index is 10.2. The van der Waals surface area contributed by atoms with Gasteiger partial charge >= 0.3 is 11.9 Å². The summed E-state index contributed by atoms with van der Waals surface area (Å²) in [4.78, 5) is 24.6. The number of likely N-dealkylation sites (N-methyl/N-ethyl adjacent to an activating group) is 2. The smallest absolute Gasteiger partial charge is 0.335 e. The van der Waals surface area contributed by atoms with Crippen molar-refractivity contribution < 1.29 is 29.3 Å². The van der Waals surface area contributed by atoms with Gasteiger partial charge in [-0.15, -0.1) is 0 Å². The third-order valence-corrected chi connectivity index (χ3v) is 3.82. The lowest BCUT2D eigenvalue weighted by Crippen LogP contribution is -2.17. The molecule has 2 aromatic rings. The van der Waals surface area contributed by atoms with Gasteiger partial charge < -0.3 is 41.8 Å². The van der Waals surface area contributed by atoms with E-state index in [0.717, 1.165) is 39.5 Å². The van der Waals surface area contributed by atoms with Crippen LogP contribution in [0.15, 0.2) is 60.7 Å². The highest BCUT2D eigenvalue weighted by Crippen LogP contribution is 1.96. The first kappa shape index (κ1) is 44.2. The zero-order valence-corrected chi connectivity index (χ0v) is 22.9. The van der Waals surface area contributed by atoms with Gasteiger partial charge in [-0.05, 0) is 66.3 Å². The Bertz CT molecular complexity index is 669. The van der Waals surface area contributed by atoms with Crippen LogP contribution in [0.4, 0.5) is 0 Å². The summed E-state index contributed by atoms with van der Waals surface area (Å²) in [6.45, 7) is 9.42. The minimum atomic E-state index is -0.879. The topological polar surface area (TPSA) is 170 Å². The molecule has 8 N–H and O–H groups in total. The monoisotopic (exact) mass is 528 g/mol. The molecule has 2 aromatic carbocycles. The molecule has 0 saturated heterocycles. The number of rotatable bonds is 10. The second-order valence-corrected chi connectivity index (χ2v) is 7.34. The number of aromatic carboxylic acids is 2. The van der Waals surface area contributed by atoms with Gasteiger partial charge in [-0.3, -0.25) is 0 Å². The molecule has 0 bridgehead atoms. The fraction of sp³-hybridized carbons (Fsp3) is 0.481. The van der Waals surface area contributed by atoms with Crippen LogP contribution >= 0.6 is 0 Å². The quantitative estimate of drug-likeness (QED) is 0.311. The largest absolute Gasteiger partial charge is 0.478 e. The number of benzene rings is 2. The molecule has 0 heterocycles. The van der Waals surface area contributed by atoms with Gasteiger partial charge in [-0.2, -0.15) is 0 Å². The Hall–Kier alpha value is -2.86. The van der Waals surface area contributed by atoms with E-state index in [0.29, 0.717) is 11.1 Å². The zero-order valence-electron chi connectivity index (χ0n) is 22.9. The standard InChI is InChI=1S/2C7H6O2.2C6H15NO.CH4.2H3N/c2*8-7(9)6-4-2-1-3-5-6;2*1-4-8-6-5-7(2)3;;;/h2*1-5H,(H,8,9);2*4-6H2,1-3H3;1H4;2*1H3. The number of carboxylic acids is 2. The molecule has 0 radical (unpaired) electrons. The number of hydrogen-bond donors (Lipinski definition) is 4. The van der Waals surface area contributed by atoms with Crippen LogP contribution in [0, 0.1) is 0 Å². The Balaban J connectivity index is -0.000000120. The second-order valence-electron chi connectivity index (χ2n) is 7.34. The highest BCUT2D eigenvalue weighted by molar-refractivity contribution is 5.87. The van der Waals surface area contributed by atoms with Gasteiger partial charge in [0.2, 0.25) is 0 Å². The van der Waals surface area contributed by atoms with Crippen molar-refractivity contribution in [1.29, 1.82) is 0 Å². The van der Waals surface area contributed by atoms with Crippen LogP contribution in [-0.2, 0) is 9.47 Å². The normalized spacial score (nSPS) is 8.86. The molecule has 37 heavy (non-hydrogen) atoms. The predicted molar refractivity (Wildman–Crippen MR) is 154 cm³/mol. The fourth-order valence-electron chi connectivity index (χ4n) is 1.94. The number of carboxylic acid groups (broad SMARTS) is 2. The summed E-state index contributed by atoms with van der Waals surface area (Å²) in [6, 6.07) is 16.6. The lowest BCUT2D eigenvalue weighted by Gasteiger charge is -2.07. The van der Waals surface area contributed by atoms with Crippen molar-refractivity contribution in [2.75, 3.05) is 67.7 Å². The van der Waals surface area contributed by atoms with Crippen molar-refractivity contribution in [2.24, 2.45) is 0 Å². The van der Waals surface area contributed by atoms with Crippen molar-refractivity contribution >= 4 is 11.9 Å². The van der Waals surface area contributed by atoms with Gasteiger partial charge in [-0.25, -0.2) is 9.59 Å². The van der Waals surface area contributed by atoms with Gasteiger partial charge in [0.1, 0.15) is 0 Å². The molecule has 0 atom stereocenters. The van der Waals surface area contributed by atoms with Crippen molar-refractivity contribution in [2.45, 2.75) is 21.3 Å². The molecule has 0 aliphatic heterocycles. The van der Waals surface area contributed by atoms with Crippen LogP contribution in [0.5, 0.6) is 0 Å². The molecule has 10 heteroatoms. The van der Waals surface area contributed by atoms with Gasteiger partial charge in [0.25, 0.3) is 0 Å². The van der Waals surface area contributed by atoms with Crippen LogP contribution in [-0.4, -0.2) is 99.7 Å². The van der Waals surface area contributed by atoms with E-state index in [2.05, 4.69) is 9.80 Å². The lowest BCUT2D eigenvalue weighted by atomic mass is 10.2. The van der Waals surface area contributed by atoms with Gasteiger partial charge in [0, 0.05) is 26.3 Å². The molecule has 0 saturated carbocycles. The molecule has 2 rings (SSSR count). The first-order chi connectivity index (χ1) is 16.1. The number of nitrogens with zero attached hydrogens (tertiary/aromatic N) is 2. The molecule has 10 nitrogen and oxygen atoms in total. The van der Waals surface area contributed by atoms with Crippen LogP contribution in [0.3, 0.4) is 0 Å². The van der Waals surface area contributed by atoms with Gasteiger partial charge in [0.15, 0.2) is 0 Å². The van der Waals surface area contributed by atoms with Crippen molar-refractivity contribution in [3.05, 3.63) is 71.8 Å². The van der Waals surface area contributed by atoms with Crippen LogP contribution in [0.2, 0.25) is 0 Å².